The van der Waals surface area contributed by atoms with Gasteiger partial charge in [-0.25, -0.2) is 13.2 Å². The Morgan fingerprint density at radius 1 is 1.04 bits per heavy atom. The number of benzene rings is 2. The first-order valence-electron chi connectivity index (χ1n) is 16.8. The summed E-state index contributed by atoms with van der Waals surface area (Å²) in [5.41, 5.74) is 2.42. The van der Waals surface area contributed by atoms with Crippen molar-refractivity contribution in [1.82, 2.24) is 14.1 Å². The minimum absolute atomic E-state index is 0.0206. The van der Waals surface area contributed by atoms with Gasteiger partial charge in [0.25, 0.3) is 5.91 Å². The van der Waals surface area contributed by atoms with E-state index >= 15 is 0 Å². The maximum absolute atomic E-state index is 13.5. The lowest BCUT2D eigenvalue weighted by Gasteiger charge is -2.37. The Morgan fingerprint density at radius 2 is 1.74 bits per heavy atom. The monoisotopic (exact) mass is 712 g/mol. The van der Waals surface area contributed by atoms with Crippen molar-refractivity contribution >= 4 is 56.5 Å². The molecule has 2 heterocycles. The van der Waals surface area contributed by atoms with Gasteiger partial charge in [0.2, 0.25) is 15.9 Å². The Kier molecular flexibility index (Phi) is 12.5. The van der Waals surface area contributed by atoms with Gasteiger partial charge in [0.05, 0.1) is 22.7 Å². The molecule has 2 aliphatic heterocycles. The van der Waals surface area contributed by atoms with E-state index in [-0.39, 0.29) is 35.8 Å². The number of aliphatic carboxylic acids is 1. The predicted molar refractivity (Wildman–Crippen MR) is 191 cm³/mol. The molecule has 0 aromatic heterocycles. The molecule has 2 aliphatic rings. The third-order valence-electron chi connectivity index (χ3n) is 8.41. The predicted octanol–water partition coefficient (Wildman–Crippen LogP) is 4.26. The van der Waals surface area contributed by atoms with E-state index in [0.29, 0.717) is 81.0 Å². The van der Waals surface area contributed by atoms with Gasteiger partial charge < -0.3 is 35.2 Å². The number of rotatable bonds is 14. The highest BCUT2D eigenvalue weighted by molar-refractivity contribution is 7.89. The summed E-state index contributed by atoms with van der Waals surface area (Å²) < 4.78 is 33.5. The molecule has 0 atom stereocenters. The Hall–Kier alpha value is -4.63. The van der Waals surface area contributed by atoms with Gasteiger partial charge in [-0.3, -0.25) is 14.4 Å². The number of piperazine rings is 1. The number of carboxylic acid groups (broad SMARTS) is 1. The van der Waals surface area contributed by atoms with Crippen molar-refractivity contribution in [1.29, 1.82) is 0 Å². The number of amides is 3. The van der Waals surface area contributed by atoms with Crippen molar-refractivity contribution in [3.05, 3.63) is 54.2 Å². The second-order valence-electron chi connectivity index (χ2n) is 13.3. The Labute approximate surface area is 294 Å². The summed E-state index contributed by atoms with van der Waals surface area (Å²) in [6.45, 7) is 9.79. The number of nitrogens with one attached hydrogen (secondary N) is 2. The van der Waals surface area contributed by atoms with Crippen LogP contribution in [-0.2, 0) is 29.1 Å². The molecular formula is C35H48N6O8S. The second kappa shape index (κ2) is 16.4. The molecule has 50 heavy (non-hydrogen) atoms. The van der Waals surface area contributed by atoms with Crippen molar-refractivity contribution in [2.24, 2.45) is 0 Å². The number of nitrogens with zero attached hydrogens (tertiary/aromatic N) is 4. The van der Waals surface area contributed by atoms with Crippen LogP contribution < -0.4 is 15.5 Å². The number of hydrogen-bond acceptors (Lipinski definition) is 9. The fourth-order valence-corrected chi connectivity index (χ4v) is 6.93. The van der Waals surface area contributed by atoms with E-state index in [0.717, 1.165) is 9.99 Å². The van der Waals surface area contributed by atoms with Crippen LogP contribution in [0.15, 0.2) is 53.6 Å². The topological polar surface area (TPSA) is 169 Å². The molecule has 3 amide bonds. The zero-order chi connectivity index (χ0) is 36.6. The molecule has 0 unspecified atom stereocenters. The molecule has 3 N–H and O–H groups in total. The molecule has 14 nitrogen and oxygen atoms in total. The lowest BCUT2D eigenvalue weighted by atomic mass is 10.0. The van der Waals surface area contributed by atoms with Crippen molar-refractivity contribution in [3.63, 3.8) is 0 Å². The fraction of sp³-hybridized carbons (Fsp3) is 0.486. The molecular weight excluding hydrogens is 664 g/mol. The van der Waals surface area contributed by atoms with E-state index in [4.69, 9.17) is 9.84 Å². The average Bonchev–Trinajstić information content (AvgIpc) is 3.39. The highest BCUT2D eigenvalue weighted by Crippen LogP contribution is 2.39. The number of sulfonamides is 1. The van der Waals surface area contributed by atoms with Crippen LogP contribution in [-0.4, -0.2) is 110 Å². The number of likely N-dealkylation sites (N-methyl/N-ethyl adjacent to an activating group) is 2. The number of carbonyl (C=O) groups excluding carboxylic acids is 3. The van der Waals surface area contributed by atoms with Crippen molar-refractivity contribution in [2.75, 3.05) is 68.4 Å². The summed E-state index contributed by atoms with van der Waals surface area (Å²) >= 11 is 0. The molecule has 0 spiro atoms. The third-order valence-corrected chi connectivity index (χ3v) is 10.2. The number of hydrogen-bond donors (Lipinski definition) is 3. The van der Waals surface area contributed by atoms with E-state index in [9.17, 15) is 27.6 Å². The Bertz CT molecular complexity index is 1710. The van der Waals surface area contributed by atoms with E-state index in [2.05, 4.69) is 15.5 Å². The number of anilines is 3. The van der Waals surface area contributed by atoms with Crippen LogP contribution in [0.1, 0.15) is 58.9 Å². The fourth-order valence-electron chi connectivity index (χ4n) is 5.76. The molecule has 1 saturated heterocycles. The first kappa shape index (κ1) is 38.2. The molecule has 0 saturated carbocycles. The van der Waals surface area contributed by atoms with Crippen LogP contribution >= 0.6 is 0 Å². The van der Waals surface area contributed by atoms with E-state index in [1.807, 2.05) is 45.9 Å². The summed E-state index contributed by atoms with van der Waals surface area (Å²) in [7, 11) is -2.69. The number of carboxylic acids is 1. The van der Waals surface area contributed by atoms with Crippen LogP contribution in [0.5, 0.6) is 0 Å². The molecule has 2 aromatic carbocycles. The van der Waals surface area contributed by atoms with Crippen LogP contribution in [0.3, 0.4) is 0 Å². The first-order valence-corrected chi connectivity index (χ1v) is 18.2. The number of carbonyl (C=O) groups is 4. The molecule has 15 heteroatoms. The number of ether oxygens (including phenoxy) is 1. The standard InChI is InChI=1S/C35H48N6O8S/c1-6-39(17-9-7-8-16-31(43)44)30(42)24-38(5)50(47,48)26-13-10-12-25(22-26)36-23-27-32-28(37-33(27)45)14-11-15-29(32)40-18-20-41(21-19-40)34(46)49-35(2,3)4/h10-15,22-23,36H,6-9,16-21,24H2,1-5H3,(H,37,45)(H,43,44)/b27-23-. The average molecular weight is 713 g/mol. The summed E-state index contributed by atoms with van der Waals surface area (Å²) in [5, 5.41) is 14.8. The third kappa shape index (κ3) is 9.75. The summed E-state index contributed by atoms with van der Waals surface area (Å²) in [4.78, 5) is 54.7. The molecule has 272 valence electrons. The Morgan fingerprint density at radius 3 is 2.40 bits per heavy atom. The van der Waals surface area contributed by atoms with Gasteiger partial charge in [-0.1, -0.05) is 18.6 Å². The zero-order valence-corrected chi connectivity index (χ0v) is 30.2. The zero-order valence-electron chi connectivity index (χ0n) is 29.4. The lowest BCUT2D eigenvalue weighted by molar-refractivity contribution is -0.137. The normalized spacial score (nSPS) is 15.6. The van der Waals surface area contributed by atoms with Crippen molar-refractivity contribution in [2.45, 2.75) is 63.9 Å². The van der Waals surface area contributed by atoms with Gasteiger partial charge in [-0.15, -0.1) is 0 Å². The molecule has 4 rings (SSSR count). The minimum Gasteiger partial charge on any atom is -0.481 e. The summed E-state index contributed by atoms with van der Waals surface area (Å²) in [6.07, 6.45) is 3.07. The van der Waals surface area contributed by atoms with E-state index < -0.39 is 21.6 Å². The van der Waals surface area contributed by atoms with Gasteiger partial charge in [0.15, 0.2) is 0 Å². The van der Waals surface area contributed by atoms with Crippen LogP contribution in [0.25, 0.3) is 5.57 Å². The Balaban J connectivity index is 1.43. The molecule has 2 aromatic rings. The molecule has 0 bridgehead atoms. The second-order valence-corrected chi connectivity index (χ2v) is 15.3. The number of fused-ring (bicyclic) bond motifs is 1. The highest BCUT2D eigenvalue weighted by atomic mass is 32.2. The number of unbranched alkanes of at least 4 members (excludes halogenated alkanes) is 2. The van der Waals surface area contributed by atoms with Crippen LogP contribution in [0, 0.1) is 0 Å². The molecule has 0 radical (unpaired) electrons. The molecule has 1 fully saturated rings. The maximum Gasteiger partial charge on any atom is 0.410 e. The summed E-state index contributed by atoms with van der Waals surface area (Å²) in [5.74, 6) is -1.51. The largest absolute Gasteiger partial charge is 0.481 e. The van der Waals surface area contributed by atoms with Gasteiger partial charge >= 0.3 is 12.1 Å². The lowest BCUT2D eigenvalue weighted by Crippen LogP contribution is -2.50. The van der Waals surface area contributed by atoms with E-state index in [1.165, 1.54) is 19.2 Å². The van der Waals surface area contributed by atoms with Gasteiger partial charge in [-0.2, -0.15) is 4.31 Å². The SMILES string of the molecule is CCN(CCCCCC(=O)O)C(=O)CN(C)S(=O)(=O)c1cccc(N/C=C2\C(=O)Nc3cccc(N4CCN(C(=O)OC(C)(C)C)CC4)c32)c1. The van der Waals surface area contributed by atoms with Crippen LogP contribution in [0.2, 0.25) is 0 Å². The minimum atomic E-state index is -4.04. The first-order chi connectivity index (χ1) is 23.6. The van der Waals surface area contributed by atoms with E-state index in [1.54, 1.807) is 28.1 Å². The highest BCUT2D eigenvalue weighted by Gasteiger charge is 2.32. The maximum atomic E-state index is 13.5. The summed E-state index contributed by atoms with van der Waals surface area (Å²) in [6, 6.07) is 11.8. The molecule has 0 aliphatic carbocycles. The van der Waals surface area contributed by atoms with Gasteiger partial charge in [-0.05, 0) is 70.9 Å². The van der Waals surface area contributed by atoms with Crippen LogP contribution in [0.4, 0.5) is 21.9 Å². The van der Waals surface area contributed by atoms with Crippen molar-refractivity contribution < 1.29 is 37.4 Å². The quantitative estimate of drug-likeness (QED) is 0.190. The van der Waals surface area contributed by atoms with Gasteiger partial charge in [0, 0.05) is 75.9 Å². The van der Waals surface area contributed by atoms with Gasteiger partial charge in [0.1, 0.15) is 5.60 Å². The van der Waals surface area contributed by atoms with Crippen molar-refractivity contribution in [3.8, 4) is 0 Å². The smallest absolute Gasteiger partial charge is 0.410 e.